The van der Waals surface area contributed by atoms with Crippen molar-refractivity contribution in [2.24, 2.45) is 0 Å². The molecule has 100 valence electrons. The fourth-order valence-corrected chi connectivity index (χ4v) is 4.99. The summed E-state index contributed by atoms with van der Waals surface area (Å²) in [5, 5.41) is 0. The normalized spacial score (nSPS) is 13.2. The molecule has 0 rings (SSSR count). The molecule has 1 unspecified atom stereocenters. The van der Waals surface area contributed by atoms with Gasteiger partial charge in [0.2, 0.25) is 0 Å². The highest BCUT2D eigenvalue weighted by atomic mass is 28.4. The van der Waals surface area contributed by atoms with Crippen LogP contribution in [0.2, 0.25) is 6.04 Å². The van der Waals surface area contributed by atoms with E-state index in [4.69, 9.17) is 13.6 Å². The van der Waals surface area contributed by atoms with E-state index in [0.717, 1.165) is 18.9 Å². The number of ether oxygens (including phenoxy) is 1. The van der Waals surface area contributed by atoms with Crippen molar-refractivity contribution in [2.75, 3.05) is 14.2 Å². The van der Waals surface area contributed by atoms with E-state index in [9.17, 15) is 4.79 Å². The Hall–Kier alpha value is -0.653. The molecule has 0 N–H and O–H groups in total. The van der Waals surface area contributed by atoms with E-state index in [-0.39, 0.29) is 5.73 Å². The van der Waals surface area contributed by atoms with Crippen molar-refractivity contribution in [1.82, 2.24) is 0 Å². The Morgan fingerprint density at radius 3 is 2.29 bits per heavy atom. The molecule has 0 aromatic rings. The number of carbonyl (C=O) groups is 1. The van der Waals surface area contributed by atoms with Crippen LogP contribution in [0.15, 0.2) is 12.7 Å². The average Bonchev–Trinajstić information content (AvgIpc) is 2.38. The van der Waals surface area contributed by atoms with Crippen molar-refractivity contribution in [1.29, 1.82) is 0 Å². The van der Waals surface area contributed by atoms with E-state index in [0.29, 0.717) is 6.42 Å². The molecule has 0 aliphatic rings. The van der Waals surface area contributed by atoms with Gasteiger partial charge >= 0.3 is 14.5 Å². The molecule has 1 atom stereocenters. The predicted octanol–water partition coefficient (Wildman–Crippen LogP) is 2.57. The number of esters is 1. The molecule has 0 spiro atoms. The van der Waals surface area contributed by atoms with Gasteiger partial charge in [0.25, 0.3) is 0 Å². The van der Waals surface area contributed by atoms with Crippen LogP contribution < -0.4 is 0 Å². The van der Waals surface area contributed by atoms with Crippen molar-refractivity contribution in [3.05, 3.63) is 12.7 Å². The molecule has 5 heteroatoms. The second kappa shape index (κ2) is 8.44. The maximum Gasteiger partial charge on any atom is 0.379 e. The van der Waals surface area contributed by atoms with E-state index in [1.165, 1.54) is 6.08 Å². The molecule has 0 saturated carbocycles. The van der Waals surface area contributed by atoms with Gasteiger partial charge < -0.3 is 13.6 Å². The second-order valence-corrected chi connectivity index (χ2v) is 7.45. The minimum absolute atomic E-state index is 0.283. The maximum absolute atomic E-state index is 11.3. The molecule has 0 radical (unpaired) electrons. The molecule has 0 aliphatic carbocycles. The lowest BCUT2D eigenvalue weighted by Crippen LogP contribution is -2.53. The van der Waals surface area contributed by atoms with E-state index in [2.05, 4.69) is 13.5 Å². The zero-order valence-electron chi connectivity index (χ0n) is 11.3. The van der Waals surface area contributed by atoms with Crippen molar-refractivity contribution < 1.29 is 18.4 Å². The van der Waals surface area contributed by atoms with Crippen LogP contribution in [0.25, 0.3) is 0 Å². The van der Waals surface area contributed by atoms with Crippen LogP contribution in [-0.4, -0.2) is 34.5 Å². The van der Waals surface area contributed by atoms with Crippen molar-refractivity contribution in [2.45, 2.75) is 44.9 Å². The van der Waals surface area contributed by atoms with Gasteiger partial charge in [-0.05, 0) is 12.5 Å². The quantitative estimate of drug-likeness (QED) is 0.363. The molecular weight excluding hydrogens is 236 g/mol. The monoisotopic (exact) mass is 260 g/mol. The Morgan fingerprint density at radius 2 is 1.94 bits per heavy atom. The van der Waals surface area contributed by atoms with E-state index in [1.807, 2.05) is 6.92 Å². The summed E-state index contributed by atoms with van der Waals surface area (Å²) in [5.74, 6) is -0.417. The topological polar surface area (TPSA) is 44.8 Å². The van der Waals surface area contributed by atoms with E-state index in [1.54, 1.807) is 14.2 Å². The van der Waals surface area contributed by atoms with Crippen molar-refractivity contribution >= 4 is 14.5 Å². The Labute approximate surface area is 105 Å². The summed E-state index contributed by atoms with van der Waals surface area (Å²) in [7, 11) is 0.806. The highest BCUT2D eigenvalue weighted by molar-refractivity contribution is 6.68. The standard InChI is InChI=1S/C12H24O4Si/c1-6-9-10-17(14-4,15-5)12(8-3)16-11(13)7-2/h7,12H,2,6,8-10H2,1,3-5H3. The molecule has 0 heterocycles. The minimum Gasteiger partial charge on any atom is -0.457 e. The second-order valence-electron chi connectivity index (χ2n) is 3.86. The Kier molecular flexibility index (Phi) is 8.12. The molecule has 17 heavy (non-hydrogen) atoms. The summed E-state index contributed by atoms with van der Waals surface area (Å²) in [6.07, 6.45) is 3.94. The fourth-order valence-electron chi connectivity index (χ4n) is 1.81. The van der Waals surface area contributed by atoms with Gasteiger partial charge in [-0.3, -0.25) is 0 Å². The van der Waals surface area contributed by atoms with E-state index < -0.39 is 14.5 Å². The molecule has 0 bridgehead atoms. The van der Waals surface area contributed by atoms with Crippen molar-refractivity contribution in [3.63, 3.8) is 0 Å². The number of hydrogen-bond acceptors (Lipinski definition) is 4. The van der Waals surface area contributed by atoms with Crippen LogP contribution in [0, 0.1) is 0 Å². The smallest absolute Gasteiger partial charge is 0.379 e. The molecular formula is C12H24O4Si. The fraction of sp³-hybridized carbons (Fsp3) is 0.750. The van der Waals surface area contributed by atoms with Gasteiger partial charge in [-0.1, -0.05) is 33.3 Å². The highest BCUT2D eigenvalue weighted by Gasteiger charge is 2.45. The third kappa shape index (κ3) is 4.61. The molecule has 0 saturated heterocycles. The van der Waals surface area contributed by atoms with Gasteiger partial charge in [-0.25, -0.2) is 4.79 Å². The van der Waals surface area contributed by atoms with Crippen molar-refractivity contribution in [3.8, 4) is 0 Å². The summed E-state index contributed by atoms with van der Waals surface area (Å²) in [6, 6.07) is 0.833. The molecule has 0 fully saturated rings. The van der Waals surface area contributed by atoms with Crippen LogP contribution in [0.1, 0.15) is 33.1 Å². The highest BCUT2D eigenvalue weighted by Crippen LogP contribution is 2.24. The first-order chi connectivity index (χ1) is 8.10. The van der Waals surface area contributed by atoms with Gasteiger partial charge in [0, 0.05) is 20.3 Å². The number of rotatable bonds is 9. The van der Waals surface area contributed by atoms with Gasteiger partial charge in [-0.2, -0.15) is 0 Å². The van der Waals surface area contributed by atoms with E-state index >= 15 is 0 Å². The van der Waals surface area contributed by atoms with Gasteiger partial charge in [0.05, 0.1) is 0 Å². The summed E-state index contributed by atoms with van der Waals surface area (Å²) < 4.78 is 16.5. The van der Waals surface area contributed by atoms with Crippen LogP contribution >= 0.6 is 0 Å². The number of hydrogen-bond donors (Lipinski definition) is 0. The maximum atomic E-state index is 11.3. The van der Waals surface area contributed by atoms with Crippen LogP contribution in [0.3, 0.4) is 0 Å². The lowest BCUT2D eigenvalue weighted by atomic mass is 10.4. The van der Waals surface area contributed by atoms with Crippen LogP contribution in [0.5, 0.6) is 0 Å². The summed E-state index contributed by atoms with van der Waals surface area (Å²) in [6.45, 7) is 7.48. The minimum atomic E-state index is -2.46. The predicted molar refractivity (Wildman–Crippen MR) is 69.9 cm³/mol. The Balaban J connectivity index is 4.82. The first-order valence-corrected chi connectivity index (χ1v) is 8.13. The molecule has 0 aromatic carbocycles. The summed E-state index contributed by atoms with van der Waals surface area (Å²) in [4.78, 5) is 11.3. The molecule has 0 amide bonds. The number of carbonyl (C=O) groups excluding carboxylic acids is 1. The molecule has 0 aromatic heterocycles. The third-order valence-corrected chi connectivity index (χ3v) is 6.80. The zero-order valence-corrected chi connectivity index (χ0v) is 12.3. The first-order valence-electron chi connectivity index (χ1n) is 6.03. The first kappa shape index (κ1) is 16.3. The Bertz CT molecular complexity index is 239. The summed E-state index contributed by atoms with van der Waals surface area (Å²) >= 11 is 0. The van der Waals surface area contributed by atoms with Crippen LogP contribution in [-0.2, 0) is 18.4 Å². The molecule has 4 nitrogen and oxygen atoms in total. The number of unbranched alkanes of at least 4 members (excludes halogenated alkanes) is 1. The van der Waals surface area contributed by atoms with Crippen LogP contribution in [0.4, 0.5) is 0 Å². The lowest BCUT2D eigenvalue weighted by molar-refractivity contribution is -0.141. The third-order valence-electron chi connectivity index (χ3n) is 2.86. The Morgan fingerprint density at radius 1 is 1.35 bits per heavy atom. The average molecular weight is 260 g/mol. The summed E-state index contributed by atoms with van der Waals surface area (Å²) in [5.41, 5.74) is -0.283. The largest absolute Gasteiger partial charge is 0.457 e. The molecule has 0 aliphatic heterocycles. The van der Waals surface area contributed by atoms with Gasteiger partial charge in [0.15, 0.2) is 0 Å². The zero-order chi connectivity index (χ0) is 13.3. The SMILES string of the molecule is C=CC(=O)OC(CC)[Si](CCCC)(OC)OC. The lowest BCUT2D eigenvalue weighted by Gasteiger charge is -2.33. The van der Waals surface area contributed by atoms with Gasteiger partial charge in [-0.15, -0.1) is 0 Å². The van der Waals surface area contributed by atoms with Gasteiger partial charge in [0.1, 0.15) is 5.73 Å².